The topological polar surface area (TPSA) is 32.3 Å². The molecule has 0 aromatic heterocycles. The molecule has 0 saturated carbocycles. The number of nitrogens with one attached hydrogen (secondary N) is 1. The average molecular weight is 246 g/mol. The largest absolute Gasteiger partial charge is 0.341 e. The third-order valence-corrected chi connectivity index (χ3v) is 3.69. The zero-order valence-electron chi connectivity index (χ0n) is 11.5. The summed E-state index contributed by atoms with van der Waals surface area (Å²) in [7, 11) is 1.90. The summed E-state index contributed by atoms with van der Waals surface area (Å²) in [6.07, 6.45) is 0.968. The molecule has 1 aromatic rings. The molecule has 1 unspecified atom stereocenters. The molecular weight excluding hydrogens is 224 g/mol. The van der Waals surface area contributed by atoms with Gasteiger partial charge in [-0.15, -0.1) is 0 Å². The first-order valence-electron chi connectivity index (χ1n) is 6.60. The monoisotopic (exact) mass is 246 g/mol. The van der Waals surface area contributed by atoms with Gasteiger partial charge in [0.1, 0.15) is 0 Å². The molecule has 1 saturated heterocycles. The summed E-state index contributed by atoms with van der Waals surface area (Å²) in [5.74, 6) is 0.431. The highest BCUT2D eigenvalue weighted by molar-refractivity contribution is 5.79. The second kappa shape index (κ2) is 5.53. The molecule has 1 amide bonds. The van der Waals surface area contributed by atoms with Crippen molar-refractivity contribution in [3.63, 3.8) is 0 Å². The lowest BCUT2D eigenvalue weighted by Crippen LogP contribution is -2.33. The van der Waals surface area contributed by atoms with Crippen LogP contribution in [0, 0.1) is 19.8 Å². The van der Waals surface area contributed by atoms with E-state index < -0.39 is 0 Å². The van der Waals surface area contributed by atoms with Gasteiger partial charge in [0.2, 0.25) is 5.91 Å². The van der Waals surface area contributed by atoms with E-state index in [1.54, 1.807) is 0 Å². The van der Waals surface area contributed by atoms with Gasteiger partial charge < -0.3 is 10.2 Å². The number of rotatable bonds is 3. The fourth-order valence-corrected chi connectivity index (χ4v) is 2.53. The second-order valence-electron chi connectivity index (χ2n) is 5.31. The summed E-state index contributed by atoms with van der Waals surface area (Å²) in [6.45, 7) is 6.71. The molecule has 0 aliphatic carbocycles. The van der Waals surface area contributed by atoms with Crippen molar-refractivity contribution in [2.75, 3.05) is 20.1 Å². The number of hydrogen-bond acceptors (Lipinski definition) is 2. The Morgan fingerprint density at radius 1 is 1.44 bits per heavy atom. The van der Waals surface area contributed by atoms with Crippen molar-refractivity contribution in [2.24, 2.45) is 5.92 Å². The Bertz CT molecular complexity index is 436. The van der Waals surface area contributed by atoms with E-state index in [0.717, 1.165) is 19.5 Å². The van der Waals surface area contributed by atoms with Crippen LogP contribution in [-0.2, 0) is 11.3 Å². The molecule has 0 spiro atoms. The van der Waals surface area contributed by atoms with Crippen LogP contribution in [0.2, 0.25) is 0 Å². The van der Waals surface area contributed by atoms with Gasteiger partial charge in [0.15, 0.2) is 0 Å². The van der Waals surface area contributed by atoms with Crippen molar-refractivity contribution >= 4 is 5.91 Å². The van der Waals surface area contributed by atoms with Crippen LogP contribution in [-0.4, -0.2) is 30.9 Å². The lowest BCUT2D eigenvalue weighted by atomic mass is 10.0. The Balaban J connectivity index is 2.01. The summed E-state index contributed by atoms with van der Waals surface area (Å²) < 4.78 is 0. The van der Waals surface area contributed by atoms with Gasteiger partial charge in [0.25, 0.3) is 0 Å². The van der Waals surface area contributed by atoms with Crippen LogP contribution < -0.4 is 5.32 Å². The zero-order chi connectivity index (χ0) is 13.1. The molecule has 1 aromatic carbocycles. The normalized spacial score (nSPS) is 18.9. The van der Waals surface area contributed by atoms with Gasteiger partial charge in [-0.3, -0.25) is 4.79 Å². The summed E-state index contributed by atoms with van der Waals surface area (Å²) in [5, 5.41) is 3.24. The van der Waals surface area contributed by atoms with Crippen LogP contribution >= 0.6 is 0 Å². The Hall–Kier alpha value is -1.35. The molecule has 3 nitrogen and oxygen atoms in total. The molecule has 2 rings (SSSR count). The molecule has 3 heteroatoms. The van der Waals surface area contributed by atoms with Crippen LogP contribution in [0.15, 0.2) is 18.2 Å². The standard InChI is InChI=1S/C15H22N2O/c1-11-4-5-14(12(2)8-11)10-17(3)15(18)13-6-7-16-9-13/h4-5,8,13,16H,6-7,9-10H2,1-3H3. The van der Waals surface area contributed by atoms with E-state index in [2.05, 4.69) is 37.4 Å². The van der Waals surface area contributed by atoms with E-state index in [1.165, 1.54) is 16.7 Å². The van der Waals surface area contributed by atoms with Gasteiger partial charge in [0, 0.05) is 20.1 Å². The van der Waals surface area contributed by atoms with E-state index in [9.17, 15) is 4.79 Å². The molecule has 1 atom stereocenters. The highest BCUT2D eigenvalue weighted by Gasteiger charge is 2.25. The van der Waals surface area contributed by atoms with Gasteiger partial charge in [-0.2, -0.15) is 0 Å². The maximum Gasteiger partial charge on any atom is 0.227 e. The van der Waals surface area contributed by atoms with E-state index in [-0.39, 0.29) is 11.8 Å². The highest BCUT2D eigenvalue weighted by atomic mass is 16.2. The number of aryl methyl sites for hydroxylation is 2. The van der Waals surface area contributed by atoms with E-state index in [0.29, 0.717) is 6.54 Å². The van der Waals surface area contributed by atoms with Crippen molar-refractivity contribution < 1.29 is 4.79 Å². The first-order chi connectivity index (χ1) is 8.58. The number of amides is 1. The molecule has 1 fully saturated rings. The number of nitrogens with zero attached hydrogens (tertiary/aromatic N) is 1. The molecule has 1 aliphatic rings. The Kier molecular flexibility index (Phi) is 4.02. The Morgan fingerprint density at radius 3 is 2.83 bits per heavy atom. The first kappa shape index (κ1) is 13.1. The van der Waals surface area contributed by atoms with E-state index in [4.69, 9.17) is 0 Å². The van der Waals surface area contributed by atoms with Gasteiger partial charge in [-0.25, -0.2) is 0 Å². The maximum atomic E-state index is 12.2. The number of hydrogen-bond donors (Lipinski definition) is 1. The molecule has 98 valence electrons. The van der Waals surface area contributed by atoms with E-state index >= 15 is 0 Å². The minimum atomic E-state index is 0.167. The SMILES string of the molecule is Cc1ccc(CN(C)C(=O)C2CCNC2)c(C)c1. The fourth-order valence-electron chi connectivity index (χ4n) is 2.53. The lowest BCUT2D eigenvalue weighted by molar-refractivity contribution is -0.134. The fraction of sp³-hybridized carbons (Fsp3) is 0.533. The average Bonchev–Trinajstić information content (AvgIpc) is 2.85. The van der Waals surface area contributed by atoms with Crippen molar-refractivity contribution in [1.29, 1.82) is 0 Å². The predicted molar refractivity (Wildman–Crippen MR) is 73.4 cm³/mol. The highest BCUT2D eigenvalue weighted by Crippen LogP contribution is 2.16. The number of carbonyl (C=O) groups is 1. The molecule has 0 bridgehead atoms. The zero-order valence-corrected chi connectivity index (χ0v) is 11.5. The second-order valence-corrected chi connectivity index (χ2v) is 5.31. The van der Waals surface area contributed by atoms with Crippen molar-refractivity contribution in [3.05, 3.63) is 34.9 Å². The predicted octanol–water partition coefficient (Wildman–Crippen LogP) is 1.87. The van der Waals surface area contributed by atoms with Crippen LogP contribution in [0.5, 0.6) is 0 Å². The number of benzene rings is 1. The van der Waals surface area contributed by atoms with Gasteiger partial charge >= 0.3 is 0 Å². The molecule has 18 heavy (non-hydrogen) atoms. The maximum absolute atomic E-state index is 12.2. The smallest absolute Gasteiger partial charge is 0.227 e. The van der Waals surface area contributed by atoms with Crippen molar-refractivity contribution in [2.45, 2.75) is 26.8 Å². The van der Waals surface area contributed by atoms with Gasteiger partial charge in [-0.05, 0) is 37.9 Å². The van der Waals surface area contributed by atoms with Gasteiger partial charge in [-0.1, -0.05) is 23.8 Å². The summed E-state index contributed by atoms with van der Waals surface area (Å²) >= 11 is 0. The molecule has 1 aliphatic heterocycles. The quantitative estimate of drug-likeness (QED) is 0.883. The van der Waals surface area contributed by atoms with Gasteiger partial charge in [0.05, 0.1) is 5.92 Å². The lowest BCUT2D eigenvalue weighted by Gasteiger charge is -2.21. The summed E-state index contributed by atoms with van der Waals surface area (Å²) in [4.78, 5) is 14.1. The van der Waals surface area contributed by atoms with Crippen molar-refractivity contribution in [1.82, 2.24) is 10.2 Å². The molecule has 0 radical (unpaired) electrons. The Labute approximate surface area is 109 Å². The first-order valence-corrected chi connectivity index (χ1v) is 6.60. The minimum absolute atomic E-state index is 0.167. The molecule has 1 N–H and O–H groups in total. The van der Waals surface area contributed by atoms with Crippen LogP contribution in [0.1, 0.15) is 23.1 Å². The van der Waals surface area contributed by atoms with Crippen molar-refractivity contribution in [3.8, 4) is 0 Å². The Morgan fingerprint density at radius 2 is 2.22 bits per heavy atom. The summed E-state index contributed by atoms with van der Waals surface area (Å²) in [6, 6.07) is 6.41. The third-order valence-electron chi connectivity index (χ3n) is 3.69. The minimum Gasteiger partial charge on any atom is -0.341 e. The third kappa shape index (κ3) is 2.91. The molecule has 1 heterocycles. The van der Waals surface area contributed by atoms with Crippen LogP contribution in [0.4, 0.5) is 0 Å². The molecular formula is C15H22N2O. The van der Waals surface area contributed by atoms with E-state index in [1.807, 2.05) is 11.9 Å². The number of carbonyl (C=O) groups excluding carboxylic acids is 1. The summed E-state index contributed by atoms with van der Waals surface area (Å²) in [5.41, 5.74) is 3.77. The van der Waals surface area contributed by atoms with Crippen LogP contribution in [0.25, 0.3) is 0 Å². The van der Waals surface area contributed by atoms with Crippen LogP contribution in [0.3, 0.4) is 0 Å².